The van der Waals surface area contributed by atoms with Crippen LogP contribution in [0.2, 0.25) is 0 Å². The van der Waals surface area contributed by atoms with Gasteiger partial charge in [-0.15, -0.1) is 0 Å². The van der Waals surface area contributed by atoms with Crippen molar-refractivity contribution < 1.29 is 22.6 Å². The van der Waals surface area contributed by atoms with Gasteiger partial charge in [-0.05, 0) is 42.8 Å². The van der Waals surface area contributed by atoms with Crippen molar-refractivity contribution in [3.63, 3.8) is 0 Å². The molecule has 9 nitrogen and oxygen atoms in total. The Labute approximate surface area is 203 Å². The van der Waals surface area contributed by atoms with Gasteiger partial charge in [-0.3, -0.25) is 4.57 Å². The minimum absolute atomic E-state index is 0.234. The Morgan fingerprint density at radius 1 is 1.03 bits per heavy atom. The van der Waals surface area contributed by atoms with Crippen molar-refractivity contribution >= 4 is 20.9 Å². The Balaban J connectivity index is 1.88. The van der Waals surface area contributed by atoms with Crippen molar-refractivity contribution in [1.82, 2.24) is 14.5 Å². The highest BCUT2D eigenvalue weighted by molar-refractivity contribution is 7.90. The molecule has 1 atom stereocenters. The zero-order valence-electron chi connectivity index (χ0n) is 19.9. The lowest BCUT2D eigenvalue weighted by molar-refractivity contribution is 0.296. The molecule has 35 heavy (non-hydrogen) atoms. The number of nitrogens with zero attached hydrogens (tertiary/aromatic N) is 2. The minimum atomic E-state index is -3.49. The zero-order chi connectivity index (χ0) is 25.2. The fraction of sp³-hybridized carbons (Fsp3) is 0.280. The molecule has 0 saturated heterocycles. The van der Waals surface area contributed by atoms with Gasteiger partial charge in [0.1, 0.15) is 15.6 Å². The van der Waals surface area contributed by atoms with Crippen LogP contribution in [-0.4, -0.2) is 55.8 Å². The van der Waals surface area contributed by atoms with Crippen molar-refractivity contribution in [1.29, 1.82) is 0 Å². The Morgan fingerprint density at radius 2 is 1.77 bits per heavy atom. The fourth-order valence-corrected chi connectivity index (χ4v) is 4.99. The maximum absolute atomic E-state index is 13.1. The van der Waals surface area contributed by atoms with Crippen LogP contribution >= 0.6 is 0 Å². The summed E-state index contributed by atoms with van der Waals surface area (Å²) in [5.41, 5.74) is 2.77. The number of ether oxygens (including phenoxy) is 3. The van der Waals surface area contributed by atoms with E-state index in [1.807, 2.05) is 43.3 Å². The molecule has 4 aromatic rings. The highest BCUT2D eigenvalue weighted by Gasteiger charge is 2.26. The van der Waals surface area contributed by atoms with Crippen LogP contribution in [0.25, 0.3) is 22.2 Å². The Hall–Kier alpha value is -3.79. The van der Waals surface area contributed by atoms with Gasteiger partial charge in [0.05, 0.1) is 49.3 Å². The van der Waals surface area contributed by atoms with Crippen LogP contribution in [-0.2, 0) is 9.84 Å². The lowest BCUT2D eigenvalue weighted by Gasteiger charge is -2.19. The average molecular weight is 498 g/mol. The molecule has 1 unspecified atom stereocenters. The summed E-state index contributed by atoms with van der Waals surface area (Å²) in [5.74, 6) is 1.03. The van der Waals surface area contributed by atoms with Crippen molar-refractivity contribution in [2.45, 2.75) is 13.0 Å². The first-order chi connectivity index (χ1) is 16.8. The molecule has 0 radical (unpaired) electrons. The molecule has 0 saturated carbocycles. The molecule has 0 aliphatic rings. The highest BCUT2D eigenvalue weighted by Crippen LogP contribution is 2.33. The van der Waals surface area contributed by atoms with Crippen LogP contribution in [0, 0.1) is 0 Å². The SMILES string of the molecule is CCOc1nc(C(CS(C)(=O)=O)n2c(=O)[nH]c3cc(-c4ccccc4OC)ccc32)ccc1OC. The van der Waals surface area contributed by atoms with E-state index in [1.54, 1.807) is 25.3 Å². The Bertz CT molecular complexity index is 1520. The van der Waals surface area contributed by atoms with Crippen molar-refractivity contribution in [3.8, 4) is 28.5 Å². The summed E-state index contributed by atoms with van der Waals surface area (Å²) in [5, 5.41) is 0. The molecule has 2 aromatic heterocycles. The largest absolute Gasteiger partial charge is 0.496 e. The number of imidazole rings is 1. The summed E-state index contributed by atoms with van der Waals surface area (Å²) in [6.45, 7) is 2.16. The van der Waals surface area contributed by atoms with Gasteiger partial charge in [0, 0.05) is 11.8 Å². The average Bonchev–Trinajstić information content (AvgIpc) is 3.16. The molecule has 0 fully saturated rings. The summed E-state index contributed by atoms with van der Waals surface area (Å²) in [6.07, 6.45) is 1.13. The number of fused-ring (bicyclic) bond motifs is 1. The maximum Gasteiger partial charge on any atom is 0.327 e. The number of sulfone groups is 1. The van der Waals surface area contributed by atoms with Crippen LogP contribution in [0.1, 0.15) is 18.7 Å². The second-order valence-corrected chi connectivity index (χ2v) is 10.2. The summed E-state index contributed by atoms with van der Waals surface area (Å²) < 4.78 is 42.5. The second kappa shape index (κ2) is 9.83. The third kappa shape index (κ3) is 5.02. The first-order valence-corrected chi connectivity index (χ1v) is 13.0. The molecule has 0 bridgehead atoms. The van der Waals surface area contributed by atoms with Gasteiger partial charge in [-0.25, -0.2) is 18.2 Å². The van der Waals surface area contributed by atoms with Crippen molar-refractivity contribution in [2.75, 3.05) is 32.8 Å². The Morgan fingerprint density at radius 3 is 2.46 bits per heavy atom. The van der Waals surface area contributed by atoms with Gasteiger partial charge in [0.2, 0.25) is 0 Å². The van der Waals surface area contributed by atoms with Gasteiger partial charge in [-0.2, -0.15) is 0 Å². The number of pyridine rings is 1. The summed E-state index contributed by atoms with van der Waals surface area (Å²) in [6, 6.07) is 15.5. The molecule has 2 aromatic carbocycles. The number of nitrogens with one attached hydrogen (secondary N) is 1. The number of benzene rings is 2. The number of methoxy groups -OCH3 is 2. The number of aromatic amines is 1. The van der Waals surface area contributed by atoms with E-state index in [4.69, 9.17) is 14.2 Å². The van der Waals surface area contributed by atoms with E-state index >= 15 is 0 Å². The van der Waals surface area contributed by atoms with Gasteiger partial charge < -0.3 is 19.2 Å². The van der Waals surface area contributed by atoms with Crippen molar-refractivity contribution in [2.24, 2.45) is 0 Å². The normalized spacial score (nSPS) is 12.5. The summed E-state index contributed by atoms with van der Waals surface area (Å²) >= 11 is 0. The summed E-state index contributed by atoms with van der Waals surface area (Å²) in [4.78, 5) is 20.5. The predicted octanol–water partition coefficient (Wildman–Crippen LogP) is 3.44. The lowest BCUT2D eigenvalue weighted by Crippen LogP contribution is -2.29. The molecular formula is C25H27N3O6S. The molecule has 0 amide bonds. The maximum atomic E-state index is 13.1. The van der Waals surface area contributed by atoms with Gasteiger partial charge in [0.15, 0.2) is 5.75 Å². The molecule has 0 aliphatic heterocycles. The number of H-pyrrole nitrogens is 1. The van der Waals surface area contributed by atoms with Crippen LogP contribution in [0.15, 0.2) is 59.4 Å². The van der Waals surface area contributed by atoms with E-state index in [0.717, 1.165) is 17.4 Å². The number of aromatic nitrogens is 3. The van der Waals surface area contributed by atoms with Gasteiger partial charge >= 0.3 is 5.69 Å². The smallest absolute Gasteiger partial charge is 0.327 e. The predicted molar refractivity (Wildman–Crippen MR) is 134 cm³/mol. The summed E-state index contributed by atoms with van der Waals surface area (Å²) in [7, 11) is -0.388. The molecule has 10 heteroatoms. The van der Waals surface area contributed by atoms with E-state index in [-0.39, 0.29) is 11.6 Å². The van der Waals surface area contributed by atoms with Crippen LogP contribution in [0.4, 0.5) is 0 Å². The molecular weight excluding hydrogens is 470 g/mol. The monoisotopic (exact) mass is 497 g/mol. The number of para-hydroxylation sites is 1. The molecule has 184 valence electrons. The van der Waals surface area contributed by atoms with Gasteiger partial charge in [-0.1, -0.05) is 24.3 Å². The molecule has 0 spiro atoms. The Kier molecular flexibility index (Phi) is 6.83. The molecule has 1 N–H and O–H groups in total. The number of rotatable bonds is 9. The lowest BCUT2D eigenvalue weighted by atomic mass is 10.0. The zero-order valence-corrected chi connectivity index (χ0v) is 20.8. The first kappa shape index (κ1) is 24.3. The van der Waals surface area contributed by atoms with Crippen LogP contribution < -0.4 is 19.9 Å². The highest BCUT2D eigenvalue weighted by atomic mass is 32.2. The number of hydrogen-bond donors (Lipinski definition) is 1. The molecule has 4 rings (SSSR count). The van der Waals surface area contributed by atoms with E-state index in [2.05, 4.69) is 9.97 Å². The second-order valence-electron chi connectivity index (χ2n) is 8.02. The molecule has 0 aliphatic carbocycles. The van der Waals surface area contributed by atoms with Crippen LogP contribution in [0.5, 0.6) is 17.4 Å². The minimum Gasteiger partial charge on any atom is -0.496 e. The number of hydrogen-bond acceptors (Lipinski definition) is 7. The van der Waals surface area contributed by atoms with E-state index < -0.39 is 21.6 Å². The van der Waals surface area contributed by atoms with E-state index in [0.29, 0.717) is 34.8 Å². The van der Waals surface area contributed by atoms with E-state index in [9.17, 15) is 13.2 Å². The standard InChI is InChI=1S/C25H27N3O6S/c1-5-34-24-23(33-3)13-11-18(26-24)21(15-35(4,30)31)28-20-12-10-16(14-19(20)27-25(28)29)17-8-6-7-9-22(17)32-2/h6-14,21H,5,15H2,1-4H3,(H,27,29). The van der Waals surface area contributed by atoms with Gasteiger partial charge in [0.25, 0.3) is 5.88 Å². The molecule has 2 heterocycles. The third-order valence-electron chi connectivity index (χ3n) is 5.60. The fourth-order valence-electron chi connectivity index (χ4n) is 4.09. The first-order valence-electron chi connectivity index (χ1n) is 11.0. The van der Waals surface area contributed by atoms with Crippen LogP contribution in [0.3, 0.4) is 0 Å². The van der Waals surface area contributed by atoms with E-state index in [1.165, 1.54) is 11.7 Å². The third-order valence-corrected chi connectivity index (χ3v) is 6.52. The quantitative estimate of drug-likeness (QED) is 0.377. The van der Waals surface area contributed by atoms with Crippen molar-refractivity contribution in [3.05, 3.63) is 70.8 Å². The topological polar surface area (TPSA) is 113 Å².